The molecule has 1 saturated carbocycles. The molecule has 4 aromatic rings. The fraction of sp³-hybridized carbons (Fsp3) is 0.292. The minimum atomic E-state index is 0.147. The van der Waals surface area contributed by atoms with Crippen LogP contribution in [0.4, 0.5) is 0 Å². The summed E-state index contributed by atoms with van der Waals surface area (Å²) in [5.41, 5.74) is 6.26. The molecule has 0 bridgehead atoms. The number of fused-ring (bicyclic) bond motifs is 1. The summed E-state index contributed by atoms with van der Waals surface area (Å²) in [4.78, 5) is 16.3. The number of aromatic amines is 1. The predicted molar refractivity (Wildman–Crippen MR) is 121 cm³/mol. The smallest absolute Gasteiger partial charge is 0.192 e. The molecule has 5 rings (SSSR count). The Bertz CT molecular complexity index is 1240. The van der Waals surface area contributed by atoms with Crippen molar-refractivity contribution in [1.82, 2.24) is 19.7 Å². The van der Waals surface area contributed by atoms with Gasteiger partial charge in [-0.1, -0.05) is 47.7 Å². The Morgan fingerprint density at radius 2 is 1.87 bits per heavy atom. The van der Waals surface area contributed by atoms with E-state index in [-0.39, 0.29) is 5.78 Å². The van der Waals surface area contributed by atoms with Gasteiger partial charge in [0.1, 0.15) is 0 Å². The normalized spacial score (nSPS) is 13.8. The highest BCUT2D eigenvalue weighted by atomic mass is 32.2. The number of H-pyrrole nitrogens is 1. The number of aryl methyl sites for hydroxylation is 3. The topological polar surface area (TPSA) is 63.6 Å². The van der Waals surface area contributed by atoms with Crippen LogP contribution in [0.15, 0.2) is 47.8 Å². The molecular formula is C24H24N4OS. The first-order chi connectivity index (χ1) is 14.5. The van der Waals surface area contributed by atoms with Crippen molar-refractivity contribution in [2.75, 3.05) is 5.75 Å². The third kappa shape index (κ3) is 3.35. The second-order valence-electron chi connectivity index (χ2n) is 8.14. The lowest BCUT2D eigenvalue weighted by atomic mass is 9.97. The standard InChI is InChI=1S/C24H24N4OS/c1-14-10-15(2)22(16(3)11-14)21(29)13-30-24-27-26-23(28(24)17-8-9-17)19-12-25-20-7-5-4-6-18(19)20/h4-7,10-12,17,25H,8-9,13H2,1-3H3. The van der Waals surface area contributed by atoms with Gasteiger partial charge in [0.15, 0.2) is 16.8 Å². The Morgan fingerprint density at radius 3 is 2.60 bits per heavy atom. The van der Waals surface area contributed by atoms with Crippen LogP contribution in [0.1, 0.15) is 45.9 Å². The fourth-order valence-electron chi connectivity index (χ4n) is 4.30. The van der Waals surface area contributed by atoms with Gasteiger partial charge >= 0.3 is 0 Å². The van der Waals surface area contributed by atoms with Crippen LogP contribution in [0.25, 0.3) is 22.3 Å². The number of thioether (sulfide) groups is 1. The van der Waals surface area contributed by atoms with Gasteiger partial charge in [-0.05, 0) is 50.8 Å². The zero-order valence-corrected chi connectivity index (χ0v) is 18.2. The van der Waals surface area contributed by atoms with E-state index in [9.17, 15) is 4.79 Å². The van der Waals surface area contributed by atoms with E-state index in [1.807, 2.05) is 32.2 Å². The molecule has 0 aliphatic heterocycles. The SMILES string of the molecule is Cc1cc(C)c(C(=O)CSc2nnc(-c3c[nH]c4ccccc34)n2C2CC2)c(C)c1. The molecule has 1 aliphatic carbocycles. The average Bonchev–Trinajstić information content (AvgIpc) is 3.31. The van der Waals surface area contributed by atoms with Crippen LogP contribution in [0.2, 0.25) is 0 Å². The van der Waals surface area contributed by atoms with Gasteiger partial charge in [-0.15, -0.1) is 10.2 Å². The van der Waals surface area contributed by atoms with E-state index in [0.29, 0.717) is 11.8 Å². The predicted octanol–water partition coefficient (Wildman–Crippen LogP) is 5.66. The summed E-state index contributed by atoms with van der Waals surface area (Å²) < 4.78 is 2.22. The van der Waals surface area contributed by atoms with E-state index in [1.54, 1.807) is 0 Å². The Balaban J connectivity index is 1.45. The van der Waals surface area contributed by atoms with Crippen molar-refractivity contribution < 1.29 is 4.79 Å². The van der Waals surface area contributed by atoms with E-state index < -0.39 is 0 Å². The van der Waals surface area contributed by atoms with Crippen LogP contribution in [0.5, 0.6) is 0 Å². The van der Waals surface area contributed by atoms with E-state index in [4.69, 9.17) is 0 Å². The van der Waals surface area contributed by atoms with Gasteiger partial charge < -0.3 is 4.98 Å². The molecule has 2 aromatic carbocycles. The summed E-state index contributed by atoms with van der Waals surface area (Å²) >= 11 is 1.49. The molecule has 30 heavy (non-hydrogen) atoms. The van der Waals surface area contributed by atoms with Crippen LogP contribution < -0.4 is 0 Å². The van der Waals surface area contributed by atoms with Crippen LogP contribution >= 0.6 is 11.8 Å². The van der Waals surface area contributed by atoms with Crippen molar-refractivity contribution in [2.24, 2.45) is 0 Å². The molecule has 1 N–H and O–H groups in total. The molecule has 6 heteroatoms. The summed E-state index contributed by atoms with van der Waals surface area (Å²) in [6.07, 6.45) is 4.27. The number of nitrogens with zero attached hydrogens (tertiary/aromatic N) is 3. The van der Waals surface area contributed by atoms with Gasteiger partial charge in [0.25, 0.3) is 0 Å². The number of hydrogen-bond acceptors (Lipinski definition) is 4. The van der Waals surface area contributed by atoms with Crippen molar-refractivity contribution >= 4 is 28.4 Å². The van der Waals surface area contributed by atoms with Crippen molar-refractivity contribution in [3.63, 3.8) is 0 Å². The van der Waals surface area contributed by atoms with Crippen molar-refractivity contribution in [1.29, 1.82) is 0 Å². The molecular weight excluding hydrogens is 392 g/mol. The van der Waals surface area contributed by atoms with Gasteiger partial charge in [0, 0.05) is 34.3 Å². The molecule has 0 unspecified atom stereocenters. The Labute approximate surface area is 179 Å². The molecule has 152 valence electrons. The molecule has 0 atom stereocenters. The maximum atomic E-state index is 13.0. The van der Waals surface area contributed by atoms with Crippen LogP contribution in [-0.2, 0) is 0 Å². The molecule has 0 spiro atoms. The maximum absolute atomic E-state index is 13.0. The molecule has 1 aliphatic rings. The Hall–Kier alpha value is -2.86. The van der Waals surface area contributed by atoms with E-state index in [1.165, 1.54) is 17.3 Å². The van der Waals surface area contributed by atoms with Crippen molar-refractivity contribution in [3.8, 4) is 11.4 Å². The number of Topliss-reactive ketones (excluding diaryl/α,β-unsaturated/α-hetero) is 1. The first-order valence-electron chi connectivity index (χ1n) is 10.3. The zero-order valence-electron chi connectivity index (χ0n) is 17.4. The highest BCUT2D eigenvalue weighted by Crippen LogP contribution is 2.42. The molecule has 0 amide bonds. The quantitative estimate of drug-likeness (QED) is 0.325. The number of carbonyl (C=O) groups excluding carboxylic acids is 1. The van der Waals surface area contributed by atoms with Gasteiger partial charge in [0.05, 0.1) is 5.75 Å². The lowest BCUT2D eigenvalue weighted by Crippen LogP contribution is -2.09. The minimum absolute atomic E-state index is 0.147. The number of carbonyl (C=O) groups is 1. The number of ketones is 1. The summed E-state index contributed by atoms with van der Waals surface area (Å²) in [6.45, 7) is 6.09. The monoisotopic (exact) mass is 416 g/mol. The van der Waals surface area contributed by atoms with Crippen LogP contribution in [-0.4, -0.2) is 31.3 Å². The van der Waals surface area contributed by atoms with Gasteiger partial charge in [-0.3, -0.25) is 9.36 Å². The molecule has 0 radical (unpaired) electrons. The number of hydrogen-bond donors (Lipinski definition) is 1. The van der Waals surface area contributed by atoms with Crippen LogP contribution in [0.3, 0.4) is 0 Å². The average molecular weight is 417 g/mol. The van der Waals surface area contributed by atoms with Crippen molar-refractivity contribution in [2.45, 2.75) is 44.8 Å². The largest absolute Gasteiger partial charge is 0.360 e. The molecule has 2 aromatic heterocycles. The summed E-state index contributed by atoms with van der Waals surface area (Å²) in [5.74, 6) is 1.39. The number of rotatable bonds is 6. The lowest BCUT2D eigenvalue weighted by molar-refractivity contribution is 0.102. The molecule has 5 nitrogen and oxygen atoms in total. The third-order valence-electron chi connectivity index (χ3n) is 5.69. The Morgan fingerprint density at radius 1 is 1.13 bits per heavy atom. The molecule has 0 saturated heterocycles. The maximum Gasteiger partial charge on any atom is 0.192 e. The van der Waals surface area contributed by atoms with E-state index >= 15 is 0 Å². The second-order valence-corrected chi connectivity index (χ2v) is 9.08. The van der Waals surface area contributed by atoms with Gasteiger partial charge in [-0.25, -0.2) is 0 Å². The number of nitrogens with one attached hydrogen (secondary N) is 1. The van der Waals surface area contributed by atoms with E-state index in [0.717, 1.165) is 57.0 Å². The highest BCUT2D eigenvalue weighted by Gasteiger charge is 2.31. The first-order valence-corrected chi connectivity index (χ1v) is 11.3. The number of benzene rings is 2. The first kappa shape index (κ1) is 19.1. The molecule has 2 heterocycles. The third-order valence-corrected chi connectivity index (χ3v) is 6.64. The minimum Gasteiger partial charge on any atom is -0.360 e. The number of aromatic nitrogens is 4. The lowest BCUT2D eigenvalue weighted by Gasteiger charge is -2.11. The van der Waals surface area contributed by atoms with Crippen molar-refractivity contribution in [3.05, 3.63) is 64.8 Å². The van der Waals surface area contributed by atoms with Crippen LogP contribution in [0, 0.1) is 20.8 Å². The second kappa shape index (κ2) is 7.43. The summed E-state index contributed by atoms with van der Waals surface area (Å²) in [7, 11) is 0. The summed E-state index contributed by atoms with van der Waals surface area (Å²) in [5, 5.41) is 11.0. The van der Waals surface area contributed by atoms with E-state index in [2.05, 4.69) is 50.9 Å². The highest BCUT2D eigenvalue weighted by molar-refractivity contribution is 7.99. The summed E-state index contributed by atoms with van der Waals surface area (Å²) in [6, 6.07) is 12.8. The van der Waals surface area contributed by atoms with Gasteiger partial charge in [-0.2, -0.15) is 0 Å². The fourth-order valence-corrected chi connectivity index (χ4v) is 5.18. The molecule has 1 fully saturated rings. The number of para-hydroxylation sites is 1. The zero-order chi connectivity index (χ0) is 20.8. The Kier molecular flexibility index (Phi) is 4.74. The van der Waals surface area contributed by atoms with Gasteiger partial charge in [0.2, 0.25) is 0 Å².